The average molecular weight is 1100 g/mol. The van der Waals surface area contributed by atoms with Crippen LogP contribution in [0.15, 0.2) is 212 Å². The van der Waals surface area contributed by atoms with Gasteiger partial charge < -0.3 is 46.6 Å². The maximum Gasteiger partial charge on any atom is 0.346 e. The maximum absolute atomic E-state index is 11.8. The zero-order valence-corrected chi connectivity index (χ0v) is 46.4. The molecule has 1 aliphatic heterocycles. The standard InChI is InChI=1S/C25H22N2O3.C17H8O5.C15H17N.C13H13NO/c1-17-2-8-20(9-3-17)28-23-14-24(29-21-10-4-18(26)5-11-21)16-25(15-23)30-22-12-6-19(27)7-13-22;18-14-7-15(19)12-5-8(1-3-10(12)14)9-2-4-11-13(6-9)17(21)22-16(11)20;1-10-4-6-14(11(2)8-10)15-7-5-13(16)9-12(15)3;1-10-2-6-12(7-3-10)15-13-8-4-11(14)5-9-13/h2-16H,26-27H2,1H3;1-6H,7H2;4-9H,16H2,1-3H3;2-9H,14H2,1H3. The lowest BCUT2D eigenvalue weighted by Crippen LogP contribution is -1.96. The monoisotopic (exact) mass is 1100 g/mol. The van der Waals surface area contributed by atoms with Crippen LogP contribution in [-0.2, 0) is 4.74 Å². The number of benzene rings is 10. The molecular weight excluding hydrogens is 1040 g/mol. The van der Waals surface area contributed by atoms with E-state index in [4.69, 9.17) is 41.9 Å². The lowest BCUT2D eigenvalue weighted by Gasteiger charge is -2.13. The summed E-state index contributed by atoms with van der Waals surface area (Å²) < 4.78 is 28.2. The summed E-state index contributed by atoms with van der Waals surface area (Å²) >= 11 is 0. The normalized spacial score (nSPS) is 11.8. The van der Waals surface area contributed by atoms with Gasteiger partial charge in [-0.05, 0) is 195 Å². The second-order valence-corrected chi connectivity index (χ2v) is 20.0. The number of anilines is 4. The zero-order valence-electron chi connectivity index (χ0n) is 46.4. The smallest absolute Gasteiger partial charge is 0.346 e. The summed E-state index contributed by atoms with van der Waals surface area (Å²) in [6.45, 7) is 10.5. The van der Waals surface area contributed by atoms with Gasteiger partial charge in [-0.1, -0.05) is 83.4 Å². The first-order valence-electron chi connectivity index (χ1n) is 26.5. The van der Waals surface area contributed by atoms with Crippen LogP contribution >= 0.6 is 0 Å². The number of nitrogens with two attached hydrogens (primary N) is 4. The van der Waals surface area contributed by atoms with E-state index in [0.717, 1.165) is 34.2 Å². The molecule has 0 saturated carbocycles. The van der Waals surface area contributed by atoms with Gasteiger partial charge in [-0.3, -0.25) is 9.59 Å². The van der Waals surface area contributed by atoms with Crippen LogP contribution < -0.4 is 41.9 Å². The van der Waals surface area contributed by atoms with Crippen molar-refractivity contribution in [2.75, 3.05) is 22.9 Å². The van der Waals surface area contributed by atoms with Crippen molar-refractivity contribution in [2.24, 2.45) is 0 Å². The Balaban J connectivity index is 0.000000138. The highest BCUT2D eigenvalue weighted by Crippen LogP contribution is 2.37. The van der Waals surface area contributed by atoms with Crippen LogP contribution in [0.3, 0.4) is 0 Å². The van der Waals surface area contributed by atoms with Crippen LogP contribution in [0.2, 0.25) is 0 Å². The highest BCUT2D eigenvalue weighted by molar-refractivity contribution is 6.24. The van der Waals surface area contributed by atoms with E-state index in [1.54, 1.807) is 60.7 Å². The maximum atomic E-state index is 11.8. The molecule has 0 amide bonds. The molecule has 0 radical (unpaired) electrons. The summed E-state index contributed by atoms with van der Waals surface area (Å²) in [5.74, 6) is 3.75. The minimum Gasteiger partial charge on any atom is -0.457 e. The molecule has 8 N–H and O–H groups in total. The molecule has 2 aliphatic rings. The summed E-state index contributed by atoms with van der Waals surface area (Å²) in [5.41, 5.74) is 37.2. The number of nitrogen functional groups attached to an aromatic ring is 4. The Bertz CT molecular complexity index is 3680. The molecule has 0 atom stereocenters. The molecule has 0 bridgehead atoms. The van der Waals surface area contributed by atoms with Gasteiger partial charge in [0.05, 0.1) is 17.5 Å². The Morgan fingerprint density at radius 3 is 1.05 bits per heavy atom. The molecule has 414 valence electrons. The van der Waals surface area contributed by atoms with Crippen LogP contribution in [-0.4, -0.2) is 23.5 Å². The lowest BCUT2D eigenvalue weighted by molar-refractivity contribution is 0.0443. The van der Waals surface area contributed by atoms with Gasteiger partial charge in [0.1, 0.15) is 46.0 Å². The summed E-state index contributed by atoms with van der Waals surface area (Å²) in [7, 11) is 0. The van der Waals surface area contributed by atoms with Crippen LogP contribution in [0, 0.1) is 34.6 Å². The van der Waals surface area contributed by atoms with E-state index in [9.17, 15) is 19.2 Å². The fourth-order valence-electron chi connectivity index (χ4n) is 8.99. The van der Waals surface area contributed by atoms with Crippen molar-refractivity contribution < 1.29 is 42.9 Å². The molecule has 0 fully saturated rings. The van der Waals surface area contributed by atoms with Gasteiger partial charge in [0.25, 0.3) is 0 Å². The third-order valence-corrected chi connectivity index (χ3v) is 13.3. The molecule has 0 saturated heterocycles. The van der Waals surface area contributed by atoms with E-state index >= 15 is 0 Å². The molecule has 1 heterocycles. The van der Waals surface area contributed by atoms with Crippen molar-refractivity contribution in [2.45, 2.75) is 41.0 Å². The number of fused-ring (bicyclic) bond motifs is 2. The summed E-state index contributed by atoms with van der Waals surface area (Å²) in [5, 5.41) is 0. The summed E-state index contributed by atoms with van der Waals surface area (Å²) in [4.78, 5) is 46.5. The average Bonchev–Trinajstić information content (AvgIpc) is 4.15. The van der Waals surface area contributed by atoms with Crippen molar-refractivity contribution >= 4 is 46.3 Å². The van der Waals surface area contributed by atoms with Crippen LogP contribution in [0.1, 0.15) is 75.7 Å². The van der Waals surface area contributed by atoms with Gasteiger partial charge in [0.2, 0.25) is 0 Å². The quantitative estimate of drug-likeness (QED) is 0.0570. The van der Waals surface area contributed by atoms with Gasteiger partial charge in [-0.2, -0.15) is 0 Å². The molecule has 10 aromatic rings. The van der Waals surface area contributed by atoms with E-state index in [2.05, 4.69) is 49.8 Å². The molecule has 12 rings (SSSR count). The van der Waals surface area contributed by atoms with Crippen LogP contribution in [0.4, 0.5) is 22.7 Å². The number of ether oxygens (including phenoxy) is 5. The van der Waals surface area contributed by atoms with E-state index in [1.807, 2.05) is 135 Å². The van der Waals surface area contributed by atoms with E-state index in [1.165, 1.54) is 39.4 Å². The molecular formula is C70H60N4O9. The SMILES string of the molecule is Cc1ccc(-c2ccc(N)cc2C)c(C)c1.Cc1ccc(Oc2cc(Oc3ccc(N)cc3)cc(Oc3ccc(N)cc3)c2)cc1.Cc1ccc(Oc2ccc(N)cc2)cc1.O=C1CC(=O)c2cc(-c3ccc4c(c3)C(=O)OC4=O)ccc21. The van der Waals surface area contributed by atoms with Crippen LogP contribution in [0.5, 0.6) is 46.0 Å². The van der Waals surface area contributed by atoms with E-state index in [-0.39, 0.29) is 29.1 Å². The van der Waals surface area contributed by atoms with Gasteiger partial charge >= 0.3 is 11.9 Å². The predicted octanol–water partition coefficient (Wildman–Crippen LogP) is 16.2. The number of hydrogen-bond acceptors (Lipinski definition) is 13. The molecule has 1 aliphatic carbocycles. The molecule has 10 aromatic carbocycles. The van der Waals surface area contributed by atoms with Crippen molar-refractivity contribution in [3.63, 3.8) is 0 Å². The van der Waals surface area contributed by atoms with Crippen molar-refractivity contribution in [1.29, 1.82) is 0 Å². The fourth-order valence-corrected chi connectivity index (χ4v) is 8.99. The van der Waals surface area contributed by atoms with Gasteiger partial charge in [0, 0.05) is 52.1 Å². The lowest BCUT2D eigenvalue weighted by atomic mass is 9.95. The number of cyclic esters (lactones) is 2. The van der Waals surface area contributed by atoms with Crippen LogP contribution in [0.25, 0.3) is 22.3 Å². The van der Waals surface area contributed by atoms with Crippen molar-refractivity contribution in [3.8, 4) is 68.2 Å². The summed E-state index contributed by atoms with van der Waals surface area (Å²) in [6.07, 6.45) is -0.0935. The van der Waals surface area contributed by atoms with Gasteiger partial charge in [0.15, 0.2) is 11.6 Å². The number of Topliss-reactive ketones (excluding diaryl/α,β-unsaturated/α-hetero) is 2. The minimum atomic E-state index is -0.672. The third kappa shape index (κ3) is 14.9. The number of carbonyl (C=O) groups is 4. The number of aryl methyl sites for hydroxylation is 5. The Morgan fingerprint density at radius 1 is 0.289 bits per heavy atom. The number of esters is 2. The Labute approximate surface area is 481 Å². The summed E-state index contributed by atoms with van der Waals surface area (Å²) in [6, 6.07) is 65.3. The van der Waals surface area contributed by atoms with Gasteiger partial charge in [-0.25, -0.2) is 9.59 Å². The first kappa shape index (κ1) is 56.8. The number of ketones is 2. The molecule has 83 heavy (non-hydrogen) atoms. The number of hydrogen-bond donors (Lipinski definition) is 4. The van der Waals surface area contributed by atoms with E-state index < -0.39 is 11.9 Å². The minimum absolute atomic E-state index is 0.0935. The first-order valence-corrected chi connectivity index (χ1v) is 26.5. The molecule has 13 nitrogen and oxygen atoms in total. The van der Waals surface area contributed by atoms with Crippen molar-refractivity contribution in [3.05, 3.63) is 262 Å². The predicted molar refractivity (Wildman–Crippen MR) is 327 cm³/mol. The Morgan fingerprint density at radius 2 is 0.614 bits per heavy atom. The second kappa shape index (κ2) is 25.5. The Kier molecular flexibility index (Phi) is 17.4. The molecule has 0 spiro atoms. The van der Waals surface area contributed by atoms with Gasteiger partial charge in [-0.15, -0.1) is 0 Å². The topological polar surface area (TPSA) is 219 Å². The first-order chi connectivity index (χ1) is 39.9. The molecule has 13 heteroatoms. The molecule has 0 unspecified atom stereocenters. The Hall–Kier alpha value is -10.9. The van der Waals surface area contributed by atoms with Crippen molar-refractivity contribution in [1.82, 2.24) is 0 Å². The third-order valence-electron chi connectivity index (χ3n) is 13.3. The molecule has 0 aromatic heterocycles. The zero-order chi connectivity index (χ0) is 58.7. The second-order valence-electron chi connectivity index (χ2n) is 20.0. The highest BCUT2D eigenvalue weighted by Gasteiger charge is 2.31. The fraction of sp³-hybridized carbons (Fsp3) is 0.0857. The number of rotatable bonds is 10. The number of carbonyl (C=O) groups excluding carboxylic acids is 4. The largest absolute Gasteiger partial charge is 0.457 e. The van der Waals surface area contributed by atoms with E-state index in [0.29, 0.717) is 62.4 Å². The highest BCUT2D eigenvalue weighted by atomic mass is 16.6.